The van der Waals surface area contributed by atoms with Crippen molar-refractivity contribution >= 4 is 15.9 Å². The van der Waals surface area contributed by atoms with E-state index >= 15 is 0 Å². The van der Waals surface area contributed by atoms with Crippen molar-refractivity contribution in [3.63, 3.8) is 0 Å². The Balaban J connectivity index is 1.73. The van der Waals surface area contributed by atoms with Gasteiger partial charge in [-0.25, -0.2) is 13.4 Å². The van der Waals surface area contributed by atoms with Crippen LogP contribution in [0, 0.1) is 13.8 Å². The Kier molecular flexibility index (Phi) is 8.10. The standard InChI is InChI=1S/C17H29N5O5S/c1-13-15(19-14(2)20-17(13)24)12-16(23)18-4-5-21-6-8-22(9-7-21)28(25,26)11-10-27-3/h4-12H2,1-3H3,(H,18,23)(H,19,20,24). The molecule has 1 saturated heterocycles. The number of hydrogen-bond donors (Lipinski definition) is 2. The minimum absolute atomic E-state index is 0.00515. The molecule has 1 aromatic rings. The lowest BCUT2D eigenvalue weighted by molar-refractivity contribution is -0.120. The normalized spacial score (nSPS) is 16.2. The van der Waals surface area contributed by atoms with Gasteiger partial charge in [-0.2, -0.15) is 4.31 Å². The quantitative estimate of drug-likeness (QED) is 0.510. The highest BCUT2D eigenvalue weighted by molar-refractivity contribution is 7.89. The predicted octanol–water partition coefficient (Wildman–Crippen LogP) is -1.36. The number of piperazine rings is 1. The summed E-state index contributed by atoms with van der Waals surface area (Å²) < 4.78 is 30.6. The van der Waals surface area contributed by atoms with E-state index in [1.165, 1.54) is 11.4 Å². The van der Waals surface area contributed by atoms with Gasteiger partial charge in [-0.05, 0) is 13.8 Å². The van der Waals surface area contributed by atoms with Crippen LogP contribution in [0.1, 0.15) is 17.1 Å². The van der Waals surface area contributed by atoms with Gasteiger partial charge >= 0.3 is 0 Å². The van der Waals surface area contributed by atoms with Crippen LogP contribution in [-0.2, 0) is 26.0 Å². The van der Waals surface area contributed by atoms with Crippen LogP contribution in [0.3, 0.4) is 0 Å². The first kappa shape index (κ1) is 22.5. The zero-order valence-corrected chi connectivity index (χ0v) is 17.5. The maximum absolute atomic E-state index is 12.1. The number of aromatic nitrogens is 2. The van der Waals surface area contributed by atoms with E-state index in [1.807, 2.05) is 0 Å². The molecule has 1 amide bonds. The average Bonchev–Trinajstić information content (AvgIpc) is 2.64. The summed E-state index contributed by atoms with van der Waals surface area (Å²) in [6, 6.07) is 0. The molecule has 0 radical (unpaired) electrons. The Morgan fingerprint density at radius 3 is 2.57 bits per heavy atom. The van der Waals surface area contributed by atoms with E-state index in [0.29, 0.717) is 56.4 Å². The van der Waals surface area contributed by atoms with Crippen molar-refractivity contribution in [1.29, 1.82) is 0 Å². The lowest BCUT2D eigenvalue weighted by Crippen LogP contribution is -2.51. The molecule has 1 aromatic heterocycles. The number of nitrogens with zero attached hydrogens (tertiary/aromatic N) is 3. The van der Waals surface area contributed by atoms with Crippen LogP contribution in [0.4, 0.5) is 0 Å². The first-order valence-electron chi connectivity index (χ1n) is 9.25. The van der Waals surface area contributed by atoms with E-state index in [0.717, 1.165) is 0 Å². The smallest absolute Gasteiger partial charge is 0.254 e. The van der Waals surface area contributed by atoms with Crippen molar-refractivity contribution in [1.82, 2.24) is 24.5 Å². The number of rotatable bonds is 9. The number of H-pyrrole nitrogens is 1. The number of sulfonamides is 1. The molecule has 1 aliphatic heterocycles. The minimum Gasteiger partial charge on any atom is -0.384 e. The Labute approximate surface area is 165 Å². The van der Waals surface area contributed by atoms with E-state index in [1.54, 1.807) is 13.8 Å². The fourth-order valence-corrected chi connectivity index (χ4v) is 4.35. The molecule has 0 atom stereocenters. The second-order valence-electron chi connectivity index (χ2n) is 6.80. The van der Waals surface area contributed by atoms with Gasteiger partial charge in [0.2, 0.25) is 15.9 Å². The largest absolute Gasteiger partial charge is 0.384 e. The number of nitrogens with one attached hydrogen (secondary N) is 2. The number of carbonyl (C=O) groups is 1. The van der Waals surface area contributed by atoms with Gasteiger partial charge in [0.05, 0.1) is 24.5 Å². The second-order valence-corrected chi connectivity index (χ2v) is 8.89. The molecular weight excluding hydrogens is 386 g/mol. The molecule has 2 N–H and O–H groups in total. The molecule has 0 unspecified atom stereocenters. The van der Waals surface area contributed by atoms with Crippen LogP contribution in [0.5, 0.6) is 0 Å². The highest BCUT2D eigenvalue weighted by Crippen LogP contribution is 2.08. The molecule has 0 aromatic carbocycles. The number of ether oxygens (including phenoxy) is 1. The third-order valence-corrected chi connectivity index (χ3v) is 6.55. The minimum atomic E-state index is -3.27. The first-order chi connectivity index (χ1) is 13.2. The number of aromatic amines is 1. The molecule has 1 fully saturated rings. The zero-order valence-electron chi connectivity index (χ0n) is 16.7. The topological polar surface area (TPSA) is 125 Å². The summed E-state index contributed by atoms with van der Waals surface area (Å²) >= 11 is 0. The summed E-state index contributed by atoms with van der Waals surface area (Å²) in [5, 5.41) is 2.83. The third kappa shape index (κ3) is 6.36. The van der Waals surface area contributed by atoms with Crippen LogP contribution in [0.25, 0.3) is 0 Å². The molecule has 2 rings (SSSR count). The van der Waals surface area contributed by atoms with Crippen LogP contribution in [0.2, 0.25) is 0 Å². The van der Waals surface area contributed by atoms with Gasteiger partial charge in [0.15, 0.2) is 0 Å². The molecule has 11 heteroatoms. The van der Waals surface area contributed by atoms with E-state index in [4.69, 9.17) is 4.74 Å². The van der Waals surface area contributed by atoms with Gasteiger partial charge < -0.3 is 15.0 Å². The summed E-state index contributed by atoms with van der Waals surface area (Å²) in [4.78, 5) is 32.8. The third-order valence-electron chi connectivity index (χ3n) is 4.72. The SMILES string of the molecule is COCCS(=O)(=O)N1CCN(CCNC(=O)Cc2nc(C)[nH]c(=O)c2C)CC1. The van der Waals surface area contributed by atoms with Crippen LogP contribution in [-0.4, -0.2) is 92.2 Å². The summed E-state index contributed by atoms with van der Waals surface area (Å²) in [5.41, 5.74) is 0.703. The van der Waals surface area contributed by atoms with Crippen molar-refractivity contribution in [3.05, 3.63) is 27.4 Å². The van der Waals surface area contributed by atoms with Crippen LogP contribution < -0.4 is 10.9 Å². The Morgan fingerprint density at radius 1 is 1.25 bits per heavy atom. The number of amides is 1. The summed E-state index contributed by atoms with van der Waals surface area (Å²) in [7, 11) is -1.79. The maximum atomic E-state index is 12.1. The Bertz CT molecular complexity index is 831. The number of carbonyl (C=O) groups excluding carboxylic acids is 1. The van der Waals surface area contributed by atoms with Gasteiger partial charge in [-0.15, -0.1) is 0 Å². The maximum Gasteiger partial charge on any atom is 0.254 e. The molecule has 28 heavy (non-hydrogen) atoms. The van der Waals surface area contributed by atoms with E-state index in [9.17, 15) is 18.0 Å². The fourth-order valence-electron chi connectivity index (χ4n) is 2.99. The highest BCUT2D eigenvalue weighted by Gasteiger charge is 2.26. The number of hydrogen-bond acceptors (Lipinski definition) is 7. The van der Waals surface area contributed by atoms with Crippen molar-refractivity contribution in [2.24, 2.45) is 0 Å². The van der Waals surface area contributed by atoms with E-state index in [-0.39, 0.29) is 30.2 Å². The lowest BCUT2D eigenvalue weighted by Gasteiger charge is -2.33. The van der Waals surface area contributed by atoms with Gasteiger partial charge in [-0.1, -0.05) is 0 Å². The van der Waals surface area contributed by atoms with Crippen LogP contribution in [0.15, 0.2) is 4.79 Å². The van der Waals surface area contributed by atoms with E-state index < -0.39 is 10.0 Å². The van der Waals surface area contributed by atoms with E-state index in [2.05, 4.69) is 20.2 Å². The number of aryl methyl sites for hydroxylation is 1. The van der Waals surface area contributed by atoms with Crippen molar-refractivity contribution in [2.45, 2.75) is 20.3 Å². The fraction of sp³-hybridized carbons (Fsp3) is 0.706. The van der Waals surface area contributed by atoms with Gasteiger partial charge in [-0.3, -0.25) is 14.5 Å². The van der Waals surface area contributed by atoms with Gasteiger partial charge in [0.1, 0.15) is 5.82 Å². The van der Waals surface area contributed by atoms with Crippen molar-refractivity contribution in [3.8, 4) is 0 Å². The lowest BCUT2D eigenvalue weighted by atomic mass is 10.2. The molecule has 158 valence electrons. The summed E-state index contributed by atoms with van der Waals surface area (Å²) in [6.07, 6.45) is 0.0577. The Morgan fingerprint density at radius 2 is 1.93 bits per heavy atom. The highest BCUT2D eigenvalue weighted by atomic mass is 32.2. The predicted molar refractivity (Wildman–Crippen MR) is 105 cm³/mol. The molecule has 0 spiro atoms. The molecular formula is C17H29N5O5S. The molecule has 1 aliphatic rings. The number of methoxy groups -OCH3 is 1. The molecule has 0 saturated carbocycles. The average molecular weight is 416 g/mol. The second kappa shape index (κ2) is 10.1. The van der Waals surface area contributed by atoms with Gasteiger partial charge in [0, 0.05) is 51.9 Å². The zero-order chi connectivity index (χ0) is 20.7. The summed E-state index contributed by atoms with van der Waals surface area (Å²) in [5.74, 6) is 0.285. The molecule has 0 bridgehead atoms. The monoisotopic (exact) mass is 415 g/mol. The van der Waals surface area contributed by atoms with Gasteiger partial charge in [0.25, 0.3) is 5.56 Å². The summed E-state index contributed by atoms with van der Waals surface area (Å²) in [6.45, 7) is 6.73. The molecule has 2 heterocycles. The van der Waals surface area contributed by atoms with Crippen molar-refractivity contribution in [2.75, 3.05) is 58.7 Å². The van der Waals surface area contributed by atoms with Crippen molar-refractivity contribution < 1.29 is 17.9 Å². The first-order valence-corrected chi connectivity index (χ1v) is 10.9. The van der Waals surface area contributed by atoms with Crippen LogP contribution >= 0.6 is 0 Å². The Hall–Kier alpha value is -1.82. The molecule has 10 nitrogen and oxygen atoms in total. The molecule has 0 aliphatic carbocycles.